The largest absolute Gasteiger partial charge is 0.418 e. The van der Waals surface area contributed by atoms with Gasteiger partial charge < -0.3 is 10.2 Å². The third-order valence-electron chi connectivity index (χ3n) is 6.17. The molecule has 1 aromatic heterocycles. The number of carbonyl (C=O) groups is 1. The number of carbonyl (C=O) groups excluding carboxylic acids is 1. The van der Waals surface area contributed by atoms with Gasteiger partial charge in [0.15, 0.2) is 0 Å². The van der Waals surface area contributed by atoms with Gasteiger partial charge in [-0.2, -0.15) is 13.2 Å². The van der Waals surface area contributed by atoms with E-state index in [2.05, 4.69) is 12.2 Å². The van der Waals surface area contributed by atoms with E-state index in [0.29, 0.717) is 42.7 Å². The van der Waals surface area contributed by atoms with Crippen LogP contribution in [0.5, 0.6) is 0 Å². The highest BCUT2D eigenvalue weighted by Crippen LogP contribution is 2.35. The predicted octanol–water partition coefficient (Wildman–Crippen LogP) is 7.00. The summed E-state index contributed by atoms with van der Waals surface area (Å²) in [5.41, 5.74) is -0.898. The topological polar surface area (TPSA) is 67.2 Å². The second-order valence-electron chi connectivity index (χ2n) is 8.85. The molecule has 9 heteroatoms. The maximum atomic E-state index is 13.5. The van der Waals surface area contributed by atoms with Gasteiger partial charge in [0.1, 0.15) is 5.82 Å². The molecule has 2 amide bonds. The van der Waals surface area contributed by atoms with E-state index in [1.54, 1.807) is 35.8 Å². The highest BCUT2D eigenvalue weighted by Gasteiger charge is 2.34. The fourth-order valence-electron chi connectivity index (χ4n) is 4.29. The summed E-state index contributed by atoms with van der Waals surface area (Å²) in [7, 11) is 0. The minimum absolute atomic E-state index is 0.196. The molecule has 0 saturated heterocycles. The summed E-state index contributed by atoms with van der Waals surface area (Å²) >= 11 is 0. The minimum Gasteiger partial charge on any atom is -0.315 e. The summed E-state index contributed by atoms with van der Waals surface area (Å²) in [5.74, 6) is 0.412. The molecule has 36 heavy (non-hydrogen) atoms. The summed E-state index contributed by atoms with van der Waals surface area (Å²) in [6.07, 6.45) is -0.389. The third-order valence-corrected chi connectivity index (χ3v) is 6.17. The van der Waals surface area contributed by atoms with Crippen molar-refractivity contribution in [3.8, 4) is 0 Å². The van der Waals surface area contributed by atoms with Crippen molar-refractivity contribution in [2.45, 2.75) is 71.6 Å². The molecule has 194 valence electrons. The normalized spacial score (nSPS) is 12.5. The zero-order valence-electron chi connectivity index (χ0n) is 20.9. The Kier molecular flexibility index (Phi) is 9.12. The number of fused-ring (bicyclic) bond motifs is 1. The van der Waals surface area contributed by atoms with E-state index in [0.717, 1.165) is 25.3 Å². The van der Waals surface area contributed by atoms with Crippen LogP contribution in [0, 0.1) is 0 Å². The first kappa shape index (κ1) is 27.2. The van der Waals surface area contributed by atoms with Crippen LogP contribution < -0.4 is 10.9 Å². The maximum absolute atomic E-state index is 13.5. The molecule has 0 aliphatic heterocycles. The molecule has 3 aromatic rings. The van der Waals surface area contributed by atoms with Crippen LogP contribution in [0.2, 0.25) is 0 Å². The van der Waals surface area contributed by atoms with Crippen LogP contribution in [0.3, 0.4) is 0 Å². The lowest BCUT2D eigenvalue weighted by Gasteiger charge is -2.31. The lowest BCUT2D eigenvalue weighted by Crippen LogP contribution is -2.41. The van der Waals surface area contributed by atoms with Crippen LogP contribution in [-0.2, 0) is 12.7 Å². The monoisotopic (exact) mass is 502 g/mol. The van der Waals surface area contributed by atoms with E-state index in [1.165, 1.54) is 23.1 Å². The van der Waals surface area contributed by atoms with Gasteiger partial charge in [0.25, 0.3) is 5.56 Å². The summed E-state index contributed by atoms with van der Waals surface area (Å²) in [5, 5.41) is 2.95. The van der Waals surface area contributed by atoms with Crippen LogP contribution in [-0.4, -0.2) is 27.0 Å². The molecule has 1 unspecified atom stereocenters. The fourth-order valence-corrected chi connectivity index (χ4v) is 4.29. The van der Waals surface area contributed by atoms with E-state index in [-0.39, 0.29) is 11.2 Å². The maximum Gasteiger partial charge on any atom is 0.418 e. The zero-order chi connectivity index (χ0) is 26.3. The molecule has 6 nitrogen and oxygen atoms in total. The van der Waals surface area contributed by atoms with Gasteiger partial charge in [-0.15, -0.1) is 0 Å². The van der Waals surface area contributed by atoms with Crippen LogP contribution in [0.15, 0.2) is 53.3 Å². The van der Waals surface area contributed by atoms with E-state index in [4.69, 9.17) is 4.98 Å². The number of rotatable bonds is 10. The van der Waals surface area contributed by atoms with Crippen molar-refractivity contribution in [1.29, 1.82) is 0 Å². The number of hydrogen-bond acceptors (Lipinski definition) is 3. The lowest BCUT2D eigenvalue weighted by molar-refractivity contribution is -0.136. The number of unbranched alkanes of at least 4 members (excludes halogenated alkanes) is 3. The van der Waals surface area contributed by atoms with Crippen molar-refractivity contribution in [2.75, 3.05) is 11.9 Å². The second kappa shape index (κ2) is 12.1. The first-order chi connectivity index (χ1) is 17.2. The molecule has 1 atom stereocenters. The first-order valence-corrected chi connectivity index (χ1v) is 12.4. The van der Waals surface area contributed by atoms with E-state index >= 15 is 0 Å². The molecule has 0 aliphatic rings. The molecule has 0 spiro atoms. The molecule has 2 aromatic carbocycles. The molecule has 1 heterocycles. The smallest absolute Gasteiger partial charge is 0.315 e. The summed E-state index contributed by atoms with van der Waals surface area (Å²) < 4.78 is 42.2. The number of para-hydroxylation sites is 2. The Hall–Kier alpha value is -3.36. The van der Waals surface area contributed by atoms with Crippen LogP contribution in [0.1, 0.15) is 70.3 Å². The zero-order valence-corrected chi connectivity index (χ0v) is 20.9. The predicted molar refractivity (Wildman–Crippen MR) is 136 cm³/mol. The van der Waals surface area contributed by atoms with Crippen LogP contribution in [0.25, 0.3) is 10.9 Å². The third kappa shape index (κ3) is 6.25. The Bertz CT molecular complexity index is 1240. The van der Waals surface area contributed by atoms with E-state index in [1.807, 2.05) is 6.92 Å². The number of benzene rings is 2. The van der Waals surface area contributed by atoms with Gasteiger partial charge in [-0.25, -0.2) is 9.78 Å². The number of anilines is 1. The number of nitrogens with one attached hydrogen (secondary N) is 1. The Morgan fingerprint density at radius 2 is 1.72 bits per heavy atom. The highest BCUT2D eigenvalue weighted by atomic mass is 19.4. The Morgan fingerprint density at radius 3 is 2.42 bits per heavy atom. The summed E-state index contributed by atoms with van der Waals surface area (Å²) in [4.78, 5) is 32.9. The van der Waals surface area contributed by atoms with Crippen molar-refractivity contribution >= 4 is 22.6 Å². The van der Waals surface area contributed by atoms with Crippen molar-refractivity contribution in [1.82, 2.24) is 14.5 Å². The van der Waals surface area contributed by atoms with Gasteiger partial charge in [0.05, 0.1) is 28.2 Å². The molecule has 3 rings (SSSR count). The summed E-state index contributed by atoms with van der Waals surface area (Å²) in [6, 6.07) is 10.6. The number of aromatic nitrogens is 2. The number of halogens is 3. The van der Waals surface area contributed by atoms with Crippen molar-refractivity contribution in [3.05, 3.63) is 70.3 Å². The number of amides is 2. The average molecular weight is 503 g/mol. The SMILES string of the molecule is CCCCCCN(C(=O)Nc1ccccc1C(F)(F)F)C(C)c1nc2ccccc2c(=O)n1CCC. The van der Waals surface area contributed by atoms with Gasteiger partial charge in [0, 0.05) is 13.1 Å². The summed E-state index contributed by atoms with van der Waals surface area (Å²) in [6.45, 7) is 6.51. The van der Waals surface area contributed by atoms with Crippen LogP contribution >= 0.6 is 0 Å². The van der Waals surface area contributed by atoms with Gasteiger partial charge >= 0.3 is 12.2 Å². The molecule has 1 N–H and O–H groups in total. The Morgan fingerprint density at radius 1 is 1.03 bits per heavy atom. The molecule has 0 fully saturated rings. The minimum atomic E-state index is -4.61. The average Bonchev–Trinajstić information content (AvgIpc) is 2.85. The number of nitrogens with zero attached hydrogens (tertiary/aromatic N) is 3. The van der Waals surface area contributed by atoms with Crippen molar-refractivity contribution < 1.29 is 18.0 Å². The van der Waals surface area contributed by atoms with Gasteiger partial charge in [0.2, 0.25) is 0 Å². The van der Waals surface area contributed by atoms with E-state index < -0.39 is 23.8 Å². The molecule has 0 bridgehead atoms. The second-order valence-corrected chi connectivity index (χ2v) is 8.85. The molecular weight excluding hydrogens is 469 g/mol. The number of urea groups is 1. The first-order valence-electron chi connectivity index (χ1n) is 12.4. The van der Waals surface area contributed by atoms with Gasteiger partial charge in [-0.3, -0.25) is 9.36 Å². The molecular formula is C27H33F3N4O2. The van der Waals surface area contributed by atoms with Crippen molar-refractivity contribution in [3.63, 3.8) is 0 Å². The van der Waals surface area contributed by atoms with Crippen molar-refractivity contribution in [2.24, 2.45) is 0 Å². The fraction of sp³-hybridized carbons (Fsp3) is 0.444. The quantitative estimate of drug-likeness (QED) is 0.304. The molecule has 0 saturated carbocycles. The lowest BCUT2D eigenvalue weighted by atomic mass is 10.1. The molecule has 0 radical (unpaired) electrons. The van der Waals surface area contributed by atoms with E-state index in [9.17, 15) is 22.8 Å². The van der Waals surface area contributed by atoms with Crippen LogP contribution in [0.4, 0.5) is 23.7 Å². The standard InChI is InChI=1S/C27H33F3N4O2/c1-4-6-7-12-18-33(26(36)32-23-16-11-9-14-21(23)27(28,29)30)19(3)24-31-22-15-10-8-13-20(22)25(35)34(24)17-5-2/h8-11,13-16,19H,4-7,12,17-18H2,1-3H3,(H,32,36). The Labute approximate surface area is 209 Å². The van der Waals surface area contributed by atoms with Gasteiger partial charge in [-0.1, -0.05) is 57.4 Å². The molecule has 0 aliphatic carbocycles. The highest BCUT2D eigenvalue weighted by molar-refractivity contribution is 5.90. The van der Waals surface area contributed by atoms with Gasteiger partial charge in [-0.05, 0) is 44.0 Å². The number of alkyl halides is 3. The number of hydrogen-bond donors (Lipinski definition) is 1. The Balaban J connectivity index is 2.02.